The largest absolute Gasteiger partial charge is 0.491 e. The van der Waals surface area contributed by atoms with Crippen LogP contribution in [0.5, 0.6) is 5.75 Å². The van der Waals surface area contributed by atoms with Crippen LogP contribution in [0.4, 0.5) is 0 Å². The van der Waals surface area contributed by atoms with Crippen molar-refractivity contribution in [2.24, 2.45) is 5.92 Å². The zero-order chi connectivity index (χ0) is 19.9. The monoisotopic (exact) mass is 390 g/mol. The number of benzene rings is 1. The number of aliphatic carboxylic acids is 1. The summed E-state index contributed by atoms with van der Waals surface area (Å²) in [6, 6.07) is 7.25. The average Bonchev–Trinajstić information content (AvgIpc) is 3.06. The summed E-state index contributed by atoms with van der Waals surface area (Å²) in [6.45, 7) is 1.52. The van der Waals surface area contributed by atoms with E-state index in [2.05, 4.69) is 5.32 Å². The van der Waals surface area contributed by atoms with E-state index >= 15 is 0 Å². The van der Waals surface area contributed by atoms with E-state index in [0.717, 1.165) is 37.0 Å². The van der Waals surface area contributed by atoms with E-state index in [0.29, 0.717) is 32.1 Å². The number of hydrogen-bond donors (Lipinski definition) is 2. The number of carboxylic acids is 1. The Bertz CT molecular complexity index is 681. The number of amides is 1. The summed E-state index contributed by atoms with van der Waals surface area (Å²) in [5.74, 6) is 0.189. The summed E-state index contributed by atoms with van der Waals surface area (Å²) < 4.78 is 10.6. The normalized spacial score (nSPS) is 24.5. The van der Waals surface area contributed by atoms with Gasteiger partial charge in [-0.2, -0.15) is 0 Å². The van der Waals surface area contributed by atoms with Gasteiger partial charge < -0.3 is 19.9 Å². The molecule has 3 atom stereocenters. The van der Waals surface area contributed by atoms with Gasteiger partial charge in [-0.15, -0.1) is 0 Å². The van der Waals surface area contributed by atoms with Crippen molar-refractivity contribution in [3.8, 4) is 5.75 Å². The minimum atomic E-state index is -0.817. The highest BCUT2D eigenvalue weighted by atomic mass is 16.5. The van der Waals surface area contributed by atoms with Crippen molar-refractivity contribution in [1.82, 2.24) is 10.2 Å². The first-order valence-electron chi connectivity index (χ1n) is 10.0. The van der Waals surface area contributed by atoms with E-state index in [1.165, 1.54) is 0 Å². The van der Waals surface area contributed by atoms with Crippen molar-refractivity contribution in [2.45, 2.75) is 50.7 Å². The Morgan fingerprint density at radius 3 is 2.86 bits per heavy atom. The molecule has 1 saturated heterocycles. The van der Waals surface area contributed by atoms with Crippen LogP contribution in [0.1, 0.15) is 37.7 Å². The van der Waals surface area contributed by atoms with Gasteiger partial charge in [0.1, 0.15) is 18.4 Å². The molecule has 7 nitrogen and oxygen atoms in total. The lowest BCUT2D eigenvalue weighted by atomic mass is 9.85. The Kier molecular flexibility index (Phi) is 7.28. The number of rotatable bonds is 9. The molecule has 0 aromatic heterocycles. The third-order valence-electron chi connectivity index (χ3n) is 5.78. The van der Waals surface area contributed by atoms with Crippen molar-refractivity contribution in [3.63, 3.8) is 0 Å². The minimum Gasteiger partial charge on any atom is -0.491 e. The molecule has 154 valence electrons. The highest BCUT2D eigenvalue weighted by molar-refractivity contribution is 5.80. The smallest absolute Gasteiger partial charge is 0.320 e. The van der Waals surface area contributed by atoms with Crippen LogP contribution in [-0.4, -0.2) is 60.8 Å². The standard InChI is InChI=1S/C21H30N2O5/c1-27-9-10-28-17-7-4-5-15(11-17)13-22-20(24)14-23-18-8-3-2-6-16(18)12-19(23)21(25)26/h4-5,7,11,16,18-19H,2-3,6,8-10,12-14H2,1H3,(H,22,24)(H,25,26). The molecule has 7 heteroatoms. The van der Waals surface area contributed by atoms with Gasteiger partial charge in [0.2, 0.25) is 5.91 Å². The minimum absolute atomic E-state index is 0.136. The molecule has 0 radical (unpaired) electrons. The summed E-state index contributed by atoms with van der Waals surface area (Å²) in [6.07, 6.45) is 5.00. The number of carbonyl (C=O) groups excluding carboxylic acids is 1. The summed E-state index contributed by atoms with van der Waals surface area (Å²) in [7, 11) is 1.63. The fourth-order valence-corrected chi connectivity index (χ4v) is 4.43. The summed E-state index contributed by atoms with van der Waals surface area (Å²) in [5, 5.41) is 12.5. The molecule has 1 aromatic carbocycles. The molecule has 1 amide bonds. The highest BCUT2D eigenvalue weighted by Gasteiger charge is 2.45. The number of nitrogens with zero attached hydrogens (tertiary/aromatic N) is 1. The third-order valence-corrected chi connectivity index (χ3v) is 5.78. The quantitative estimate of drug-likeness (QED) is 0.628. The van der Waals surface area contributed by atoms with Crippen molar-refractivity contribution in [2.75, 3.05) is 26.9 Å². The molecule has 3 unspecified atom stereocenters. The number of likely N-dealkylation sites (tertiary alicyclic amines) is 1. The fourth-order valence-electron chi connectivity index (χ4n) is 4.43. The molecule has 1 aliphatic heterocycles. The first-order chi connectivity index (χ1) is 13.6. The van der Waals surface area contributed by atoms with Gasteiger partial charge in [-0.1, -0.05) is 25.0 Å². The Balaban J connectivity index is 1.53. The van der Waals surface area contributed by atoms with E-state index in [9.17, 15) is 14.7 Å². The molecule has 1 aromatic rings. The van der Waals surface area contributed by atoms with Gasteiger partial charge in [0.25, 0.3) is 0 Å². The van der Waals surface area contributed by atoms with E-state index in [-0.39, 0.29) is 18.5 Å². The number of nitrogens with one attached hydrogen (secondary N) is 1. The SMILES string of the molecule is COCCOc1cccc(CNC(=O)CN2C(C(=O)O)CC3CCCCC32)c1. The second-order valence-electron chi connectivity index (χ2n) is 7.64. The molecular formula is C21H30N2O5. The second kappa shape index (κ2) is 9.89. The number of ether oxygens (including phenoxy) is 2. The molecule has 0 spiro atoms. The lowest BCUT2D eigenvalue weighted by molar-refractivity contribution is -0.143. The van der Waals surface area contributed by atoms with Crippen LogP contribution in [0.15, 0.2) is 24.3 Å². The number of hydrogen-bond acceptors (Lipinski definition) is 5. The summed E-state index contributed by atoms with van der Waals surface area (Å²) in [4.78, 5) is 26.1. The van der Waals surface area contributed by atoms with Crippen LogP contribution in [-0.2, 0) is 20.9 Å². The molecular weight excluding hydrogens is 360 g/mol. The van der Waals surface area contributed by atoms with E-state index in [4.69, 9.17) is 9.47 Å². The van der Waals surface area contributed by atoms with Gasteiger partial charge in [-0.25, -0.2) is 0 Å². The van der Waals surface area contributed by atoms with Crippen LogP contribution in [0.3, 0.4) is 0 Å². The first kappa shape index (κ1) is 20.6. The number of carboxylic acid groups (broad SMARTS) is 1. The van der Waals surface area contributed by atoms with Gasteiger partial charge in [-0.3, -0.25) is 14.5 Å². The predicted molar refractivity (Wildman–Crippen MR) is 104 cm³/mol. The van der Waals surface area contributed by atoms with E-state index in [1.54, 1.807) is 7.11 Å². The lowest BCUT2D eigenvalue weighted by Crippen LogP contribution is -2.47. The molecule has 2 aliphatic rings. The molecule has 2 N–H and O–H groups in total. The van der Waals surface area contributed by atoms with Crippen molar-refractivity contribution < 1.29 is 24.2 Å². The lowest BCUT2D eigenvalue weighted by Gasteiger charge is -2.32. The van der Waals surface area contributed by atoms with E-state index < -0.39 is 12.0 Å². The molecule has 2 fully saturated rings. The van der Waals surface area contributed by atoms with Gasteiger partial charge in [0, 0.05) is 19.7 Å². The first-order valence-corrected chi connectivity index (χ1v) is 10.0. The van der Waals surface area contributed by atoms with Crippen molar-refractivity contribution >= 4 is 11.9 Å². The molecule has 28 heavy (non-hydrogen) atoms. The van der Waals surface area contributed by atoms with Gasteiger partial charge in [-0.05, 0) is 42.9 Å². The average molecular weight is 390 g/mol. The van der Waals surface area contributed by atoms with Gasteiger partial charge in [0.05, 0.1) is 13.2 Å². The zero-order valence-corrected chi connectivity index (χ0v) is 16.4. The molecule has 1 aliphatic carbocycles. The van der Waals surface area contributed by atoms with Crippen LogP contribution < -0.4 is 10.1 Å². The Morgan fingerprint density at radius 2 is 2.07 bits per heavy atom. The van der Waals surface area contributed by atoms with Gasteiger partial charge in [0.15, 0.2) is 0 Å². The predicted octanol–water partition coefficient (Wildman–Crippen LogP) is 2.05. The van der Waals surface area contributed by atoms with Crippen LogP contribution in [0.2, 0.25) is 0 Å². The number of methoxy groups -OCH3 is 1. The van der Waals surface area contributed by atoms with Crippen molar-refractivity contribution in [3.05, 3.63) is 29.8 Å². The third kappa shape index (κ3) is 5.23. The second-order valence-corrected chi connectivity index (χ2v) is 7.64. The van der Waals surface area contributed by atoms with Crippen molar-refractivity contribution in [1.29, 1.82) is 0 Å². The topological polar surface area (TPSA) is 88.1 Å². The maximum Gasteiger partial charge on any atom is 0.320 e. The molecule has 1 saturated carbocycles. The van der Waals surface area contributed by atoms with Crippen LogP contribution in [0, 0.1) is 5.92 Å². The Hall–Kier alpha value is -2.12. The summed E-state index contributed by atoms with van der Waals surface area (Å²) >= 11 is 0. The molecule has 0 bridgehead atoms. The fraction of sp³-hybridized carbons (Fsp3) is 0.619. The highest BCUT2D eigenvalue weighted by Crippen LogP contribution is 2.39. The maximum absolute atomic E-state index is 12.5. The number of fused-ring (bicyclic) bond motifs is 1. The molecule has 1 heterocycles. The zero-order valence-electron chi connectivity index (χ0n) is 16.4. The van der Waals surface area contributed by atoms with Crippen LogP contribution in [0.25, 0.3) is 0 Å². The summed E-state index contributed by atoms with van der Waals surface area (Å²) in [5.41, 5.74) is 0.940. The van der Waals surface area contributed by atoms with Gasteiger partial charge >= 0.3 is 5.97 Å². The number of carbonyl (C=O) groups is 2. The molecule has 3 rings (SSSR count). The van der Waals surface area contributed by atoms with E-state index in [1.807, 2.05) is 29.2 Å². The van der Waals surface area contributed by atoms with Crippen LogP contribution >= 0.6 is 0 Å². The Labute approximate surface area is 166 Å². The maximum atomic E-state index is 12.5. The Morgan fingerprint density at radius 1 is 1.25 bits per heavy atom.